The Morgan fingerprint density at radius 3 is 2.37 bits per heavy atom. The van der Waals surface area contributed by atoms with E-state index in [1.165, 1.54) is 19.1 Å². The number of phenols is 1. The molecule has 1 N–H and O–H groups in total. The quantitative estimate of drug-likeness (QED) is 0.109. The summed E-state index contributed by atoms with van der Waals surface area (Å²) < 4.78 is 15.6. The van der Waals surface area contributed by atoms with E-state index in [1.807, 2.05) is 0 Å². The van der Waals surface area contributed by atoms with Gasteiger partial charge in [0.15, 0.2) is 11.5 Å². The lowest BCUT2D eigenvalue weighted by molar-refractivity contribution is -0.149. The Bertz CT molecular complexity index is 1350. The van der Waals surface area contributed by atoms with Crippen molar-refractivity contribution in [3.05, 3.63) is 95.6 Å². The summed E-state index contributed by atoms with van der Waals surface area (Å²) in [5.41, 5.74) is 2.11. The first-order valence-electron chi connectivity index (χ1n) is 11.9. The van der Waals surface area contributed by atoms with Gasteiger partial charge in [0, 0.05) is 17.2 Å². The standard InChI is InChI=1S/C29H28N2O7/c1-4-36-26-18-25(32)23(28(34)21-10-6-5-7-11-21)17-24(26)31-30-22-12-8-9-20(15-22)16-27(33)37-13-14-38-29(35)19(2)3/h5-12,15,17-18,32H,2,4,13-14,16H2,1,3H3/b31-30+. The Morgan fingerprint density at radius 2 is 1.66 bits per heavy atom. The molecule has 196 valence electrons. The Balaban J connectivity index is 1.72. The third-order valence-electron chi connectivity index (χ3n) is 5.12. The molecular formula is C29H28N2O7. The Kier molecular flexibility index (Phi) is 9.87. The molecule has 0 heterocycles. The van der Waals surface area contributed by atoms with Crippen LogP contribution in [0.3, 0.4) is 0 Å². The van der Waals surface area contributed by atoms with E-state index in [1.54, 1.807) is 61.5 Å². The van der Waals surface area contributed by atoms with Gasteiger partial charge in [-0.2, -0.15) is 5.11 Å². The van der Waals surface area contributed by atoms with Gasteiger partial charge in [0.1, 0.15) is 24.7 Å². The monoisotopic (exact) mass is 516 g/mol. The highest BCUT2D eigenvalue weighted by Crippen LogP contribution is 2.36. The van der Waals surface area contributed by atoms with Gasteiger partial charge in [-0.05, 0) is 37.6 Å². The van der Waals surface area contributed by atoms with Gasteiger partial charge < -0.3 is 19.3 Å². The molecule has 0 aliphatic rings. The van der Waals surface area contributed by atoms with Crippen molar-refractivity contribution in [2.75, 3.05) is 19.8 Å². The van der Waals surface area contributed by atoms with E-state index in [2.05, 4.69) is 16.8 Å². The number of hydrogen-bond donors (Lipinski definition) is 1. The van der Waals surface area contributed by atoms with Crippen molar-refractivity contribution in [3.63, 3.8) is 0 Å². The number of ketones is 1. The predicted octanol–water partition coefficient (Wildman–Crippen LogP) is 5.64. The minimum Gasteiger partial charge on any atom is -0.507 e. The van der Waals surface area contributed by atoms with E-state index >= 15 is 0 Å². The third-order valence-corrected chi connectivity index (χ3v) is 5.12. The number of hydrogen-bond acceptors (Lipinski definition) is 9. The number of aromatic hydroxyl groups is 1. The van der Waals surface area contributed by atoms with Crippen molar-refractivity contribution >= 4 is 29.1 Å². The van der Waals surface area contributed by atoms with Crippen molar-refractivity contribution in [3.8, 4) is 11.5 Å². The van der Waals surface area contributed by atoms with Gasteiger partial charge in [0.2, 0.25) is 0 Å². The van der Waals surface area contributed by atoms with Crippen LogP contribution in [-0.2, 0) is 25.5 Å². The van der Waals surface area contributed by atoms with E-state index in [0.29, 0.717) is 23.4 Å². The van der Waals surface area contributed by atoms with E-state index in [4.69, 9.17) is 14.2 Å². The average Bonchev–Trinajstić information content (AvgIpc) is 2.91. The summed E-state index contributed by atoms with van der Waals surface area (Å²) in [6, 6.07) is 18.2. The number of rotatable bonds is 12. The topological polar surface area (TPSA) is 124 Å². The molecule has 3 rings (SSSR count). The lowest BCUT2D eigenvalue weighted by Gasteiger charge is -2.10. The van der Waals surface area contributed by atoms with Crippen LogP contribution in [0.2, 0.25) is 0 Å². The smallest absolute Gasteiger partial charge is 0.333 e. The van der Waals surface area contributed by atoms with E-state index in [9.17, 15) is 19.5 Å². The highest BCUT2D eigenvalue weighted by atomic mass is 16.6. The SMILES string of the molecule is C=C(C)C(=O)OCCOC(=O)Cc1cccc(/N=N/c2cc(C(=O)c3ccccc3)c(O)cc2OCC)c1. The molecule has 0 saturated heterocycles. The highest BCUT2D eigenvalue weighted by Gasteiger charge is 2.18. The second-order valence-corrected chi connectivity index (χ2v) is 8.15. The zero-order chi connectivity index (χ0) is 27.5. The molecule has 3 aromatic rings. The largest absolute Gasteiger partial charge is 0.507 e. The van der Waals surface area contributed by atoms with Crippen molar-refractivity contribution < 1.29 is 33.7 Å². The van der Waals surface area contributed by atoms with Crippen molar-refractivity contribution in [2.45, 2.75) is 20.3 Å². The van der Waals surface area contributed by atoms with Crippen molar-refractivity contribution in [2.24, 2.45) is 10.2 Å². The fraction of sp³-hybridized carbons (Fsp3) is 0.207. The molecule has 9 heteroatoms. The van der Waals surface area contributed by atoms with E-state index in [-0.39, 0.29) is 53.7 Å². The first-order valence-corrected chi connectivity index (χ1v) is 11.9. The molecule has 0 bridgehead atoms. The molecule has 0 fully saturated rings. The van der Waals surface area contributed by atoms with Crippen molar-refractivity contribution in [1.29, 1.82) is 0 Å². The zero-order valence-electron chi connectivity index (χ0n) is 21.2. The summed E-state index contributed by atoms with van der Waals surface area (Å²) in [6.45, 7) is 6.98. The summed E-state index contributed by atoms with van der Waals surface area (Å²) in [7, 11) is 0. The highest BCUT2D eigenvalue weighted by molar-refractivity contribution is 6.11. The average molecular weight is 517 g/mol. The van der Waals surface area contributed by atoms with Gasteiger partial charge in [-0.15, -0.1) is 5.11 Å². The molecule has 9 nitrogen and oxygen atoms in total. The number of nitrogens with zero attached hydrogens (tertiary/aromatic N) is 2. The molecule has 3 aromatic carbocycles. The first kappa shape index (κ1) is 27.8. The van der Waals surface area contributed by atoms with Crippen LogP contribution >= 0.6 is 0 Å². The molecule has 0 amide bonds. The van der Waals surface area contributed by atoms with E-state index < -0.39 is 11.9 Å². The third kappa shape index (κ3) is 7.86. The molecular weight excluding hydrogens is 488 g/mol. The summed E-state index contributed by atoms with van der Waals surface area (Å²) in [6.07, 6.45) is -0.0169. The van der Waals surface area contributed by atoms with Crippen LogP contribution in [-0.4, -0.2) is 42.6 Å². The van der Waals surface area contributed by atoms with Crippen LogP contribution in [0.5, 0.6) is 11.5 Å². The Morgan fingerprint density at radius 1 is 0.921 bits per heavy atom. The van der Waals surface area contributed by atoms with Gasteiger partial charge in [-0.1, -0.05) is 49.0 Å². The van der Waals surface area contributed by atoms with Crippen LogP contribution in [0.25, 0.3) is 0 Å². The van der Waals surface area contributed by atoms with Crippen LogP contribution in [0.1, 0.15) is 35.3 Å². The lowest BCUT2D eigenvalue weighted by Crippen LogP contribution is -2.15. The lowest BCUT2D eigenvalue weighted by atomic mass is 10.0. The zero-order valence-corrected chi connectivity index (χ0v) is 21.2. The number of esters is 2. The predicted molar refractivity (Wildman–Crippen MR) is 140 cm³/mol. The summed E-state index contributed by atoms with van der Waals surface area (Å²) >= 11 is 0. The normalized spacial score (nSPS) is 10.7. The number of carbonyl (C=O) groups excluding carboxylic acids is 3. The molecule has 0 aromatic heterocycles. The molecule has 0 aliphatic heterocycles. The van der Waals surface area contributed by atoms with E-state index in [0.717, 1.165) is 0 Å². The van der Waals surface area contributed by atoms with Crippen LogP contribution < -0.4 is 4.74 Å². The number of ether oxygens (including phenoxy) is 3. The Hall–Kier alpha value is -4.79. The first-order chi connectivity index (χ1) is 18.3. The second-order valence-electron chi connectivity index (χ2n) is 8.15. The number of benzene rings is 3. The molecule has 0 saturated carbocycles. The molecule has 0 radical (unpaired) electrons. The molecule has 38 heavy (non-hydrogen) atoms. The summed E-state index contributed by atoms with van der Waals surface area (Å²) in [5.74, 6) is -1.36. The maximum Gasteiger partial charge on any atom is 0.333 e. The van der Waals surface area contributed by atoms with Crippen molar-refractivity contribution in [1.82, 2.24) is 0 Å². The fourth-order valence-electron chi connectivity index (χ4n) is 3.30. The molecule has 0 aliphatic carbocycles. The van der Waals surface area contributed by atoms with Gasteiger partial charge in [-0.25, -0.2) is 4.79 Å². The molecule has 0 spiro atoms. The van der Waals surface area contributed by atoms with Crippen LogP contribution in [0.4, 0.5) is 11.4 Å². The molecule has 0 atom stereocenters. The minimum atomic E-state index is -0.545. The van der Waals surface area contributed by atoms with Gasteiger partial charge in [0.05, 0.1) is 24.3 Å². The summed E-state index contributed by atoms with van der Waals surface area (Å²) in [4.78, 5) is 36.4. The maximum absolute atomic E-state index is 12.9. The Labute approximate surface area is 220 Å². The van der Waals surface area contributed by atoms with Crippen LogP contribution in [0.15, 0.2) is 89.1 Å². The number of azo groups is 1. The number of phenolic OH excluding ortho intramolecular Hbond substituents is 1. The van der Waals surface area contributed by atoms with Gasteiger partial charge in [0.25, 0.3) is 0 Å². The summed E-state index contributed by atoms with van der Waals surface area (Å²) in [5, 5.41) is 18.9. The fourth-order valence-corrected chi connectivity index (χ4v) is 3.30. The number of carbonyl (C=O) groups is 3. The van der Waals surface area contributed by atoms with Crippen LogP contribution in [0, 0.1) is 0 Å². The maximum atomic E-state index is 12.9. The second kappa shape index (κ2) is 13.5. The minimum absolute atomic E-state index is 0.0169. The van der Waals surface area contributed by atoms with Gasteiger partial charge in [-0.3, -0.25) is 9.59 Å². The van der Waals surface area contributed by atoms with Gasteiger partial charge >= 0.3 is 11.9 Å². The molecule has 0 unspecified atom stereocenters.